The molecule has 0 radical (unpaired) electrons. The number of nitrogens with zero attached hydrogens (tertiary/aromatic N) is 1. The van der Waals surface area contributed by atoms with Crippen molar-refractivity contribution in [2.24, 2.45) is 0 Å². The highest BCUT2D eigenvalue weighted by Crippen LogP contribution is 2.16. The minimum Gasteiger partial charge on any atom is -0.296 e. The molecule has 3 nitrogen and oxygen atoms in total. The lowest BCUT2D eigenvalue weighted by Gasteiger charge is -2.00. The predicted molar refractivity (Wildman–Crippen MR) is 52.5 cm³/mol. The molecule has 1 aromatic heterocycles. The van der Waals surface area contributed by atoms with E-state index >= 15 is 0 Å². The normalized spacial score (nSPS) is 10.0. The smallest absolute Gasteiger partial charge is 0.169 e. The van der Waals surface area contributed by atoms with Gasteiger partial charge in [0.25, 0.3) is 0 Å². The van der Waals surface area contributed by atoms with Crippen LogP contribution in [0, 0.1) is 0 Å². The van der Waals surface area contributed by atoms with E-state index in [1.54, 1.807) is 12.1 Å². The zero-order valence-corrected chi connectivity index (χ0v) is 7.31. The van der Waals surface area contributed by atoms with E-state index < -0.39 is 0 Å². The van der Waals surface area contributed by atoms with Gasteiger partial charge in [-0.3, -0.25) is 9.59 Å². The largest absolute Gasteiger partial charge is 0.296 e. The topological polar surface area (TPSA) is 47.0 Å². The zero-order valence-electron chi connectivity index (χ0n) is 7.31. The molecule has 0 saturated heterocycles. The summed E-state index contributed by atoms with van der Waals surface area (Å²) in [7, 11) is 0. The van der Waals surface area contributed by atoms with Crippen LogP contribution < -0.4 is 0 Å². The number of hydrogen-bond donors (Lipinski definition) is 0. The van der Waals surface area contributed by atoms with E-state index in [2.05, 4.69) is 4.98 Å². The summed E-state index contributed by atoms with van der Waals surface area (Å²) in [5, 5.41) is 1.62. The maximum Gasteiger partial charge on any atom is 0.169 e. The van der Waals surface area contributed by atoms with Crippen LogP contribution in [0.25, 0.3) is 10.8 Å². The molecule has 0 saturated carbocycles. The molecule has 0 bridgehead atoms. The van der Waals surface area contributed by atoms with Gasteiger partial charge in [0, 0.05) is 5.39 Å². The fourth-order valence-electron chi connectivity index (χ4n) is 1.40. The second-order valence-corrected chi connectivity index (χ2v) is 2.89. The molecule has 0 fully saturated rings. The molecule has 14 heavy (non-hydrogen) atoms. The number of fused-ring (bicyclic) bond motifs is 1. The summed E-state index contributed by atoms with van der Waals surface area (Å²) in [6, 6.07) is 9.00. The van der Waals surface area contributed by atoms with Crippen molar-refractivity contribution in [3.63, 3.8) is 0 Å². The minimum atomic E-state index is 0.283. The second-order valence-electron chi connectivity index (χ2n) is 2.89. The quantitative estimate of drug-likeness (QED) is 0.671. The Labute approximate surface area is 80.4 Å². The molecule has 1 heterocycles. The van der Waals surface area contributed by atoms with Crippen molar-refractivity contribution in [3.8, 4) is 0 Å². The lowest BCUT2D eigenvalue weighted by atomic mass is 10.1. The van der Waals surface area contributed by atoms with Crippen LogP contribution in [-0.2, 0) is 0 Å². The van der Waals surface area contributed by atoms with E-state index in [0.717, 1.165) is 10.8 Å². The third kappa shape index (κ3) is 1.29. The summed E-state index contributed by atoms with van der Waals surface area (Å²) in [6.45, 7) is 0. The summed E-state index contributed by atoms with van der Waals surface area (Å²) in [5.74, 6) is 0. The van der Waals surface area contributed by atoms with Gasteiger partial charge in [-0.2, -0.15) is 0 Å². The second kappa shape index (κ2) is 3.38. The van der Waals surface area contributed by atoms with Crippen LogP contribution in [0.5, 0.6) is 0 Å². The van der Waals surface area contributed by atoms with Crippen LogP contribution in [0.1, 0.15) is 21.0 Å². The lowest BCUT2D eigenvalue weighted by molar-refractivity contribution is 0.111. The van der Waals surface area contributed by atoms with E-state index in [9.17, 15) is 9.59 Å². The Hall–Kier alpha value is -2.03. The van der Waals surface area contributed by atoms with Crippen molar-refractivity contribution < 1.29 is 9.59 Å². The third-order valence-electron chi connectivity index (χ3n) is 2.02. The standard InChI is InChI=1S/C11H7NO2/c13-6-9-5-8-3-1-2-4-10(8)11(7-14)12-9/h1-7H. The van der Waals surface area contributed by atoms with E-state index in [0.29, 0.717) is 18.3 Å². The number of carbonyl (C=O) groups is 2. The highest BCUT2D eigenvalue weighted by molar-refractivity contribution is 5.98. The molecule has 2 rings (SSSR count). The van der Waals surface area contributed by atoms with Crippen molar-refractivity contribution >= 4 is 23.3 Å². The Morgan fingerprint density at radius 2 is 1.86 bits per heavy atom. The van der Waals surface area contributed by atoms with Gasteiger partial charge >= 0.3 is 0 Å². The number of aldehydes is 2. The first-order valence-corrected chi connectivity index (χ1v) is 4.15. The predicted octanol–water partition coefficient (Wildman–Crippen LogP) is 1.86. The fourth-order valence-corrected chi connectivity index (χ4v) is 1.40. The maximum absolute atomic E-state index is 10.7. The molecule has 0 aliphatic heterocycles. The van der Waals surface area contributed by atoms with Crippen LogP contribution in [0.2, 0.25) is 0 Å². The van der Waals surface area contributed by atoms with Gasteiger partial charge in [0.05, 0.1) is 0 Å². The highest BCUT2D eigenvalue weighted by atomic mass is 16.1. The van der Waals surface area contributed by atoms with Gasteiger partial charge in [0.2, 0.25) is 0 Å². The molecular formula is C11H7NO2. The highest BCUT2D eigenvalue weighted by Gasteiger charge is 2.03. The number of carbonyl (C=O) groups excluding carboxylic acids is 2. The number of pyridine rings is 1. The lowest BCUT2D eigenvalue weighted by Crippen LogP contribution is -1.94. The van der Waals surface area contributed by atoms with Gasteiger partial charge in [-0.1, -0.05) is 24.3 Å². The average molecular weight is 185 g/mol. The molecule has 0 N–H and O–H groups in total. The summed E-state index contributed by atoms with van der Waals surface area (Å²) in [4.78, 5) is 25.2. The van der Waals surface area contributed by atoms with Crippen molar-refractivity contribution in [1.29, 1.82) is 0 Å². The van der Waals surface area contributed by atoms with Gasteiger partial charge in [-0.25, -0.2) is 4.98 Å². The van der Waals surface area contributed by atoms with Gasteiger partial charge in [-0.15, -0.1) is 0 Å². The molecule has 0 atom stereocenters. The molecule has 1 aromatic carbocycles. The Balaban J connectivity index is 2.86. The Kier molecular flexibility index (Phi) is 2.07. The minimum absolute atomic E-state index is 0.283. The Morgan fingerprint density at radius 1 is 1.07 bits per heavy atom. The first kappa shape index (κ1) is 8.56. The summed E-state index contributed by atoms with van der Waals surface area (Å²) >= 11 is 0. The number of benzene rings is 1. The zero-order chi connectivity index (χ0) is 9.97. The van der Waals surface area contributed by atoms with Crippen molar-refractivity contribution in [1.82, 2.24) is 4.98 Å². The molecule has 0 unspecified atom stereocenters. The summed E-state index contributed by atoms with van der Waals surface area (Å²) in [5.41, 5.74) is 0.594. The van der Waals surface area contributed by atoms with Crippen LogP contribution >= 0.6 is 0 Å². The first-order valence-electron chi connectivity index (χ1n) is 4.15. The van der Waals surface area contributed by atoms with Crippen LogP contribution in [-0.4, -0.2) is 17.6 Å². The Morgan fingerprint density at radius 3 is 2.57 bits per heavy atom. The van der Waals surface area contributed by atoms with Gasteiger partial charge in [0.15, 0.2) is 12.6 Å². The van der Waals surface area contributed by atoms with Crippen molar-refractivity contribution in [2.45, 2.75) is 0 Å². The SMILES string of the molecule is O=Cc1cc2ccccc2c(C=O)n1. The monoisotopic (exact) mass is 185 g/mol. The fraction of sp³-hybridized carbons (Fsp3) is 0. The summed E-state index contributed by atoms with van der Waals surface area (Å²) in [6.07, 6.45) is 1.30. The van der Waals surface area contributed by atoms with Crippen molar-refractivity contribution in [2.75, 3.05) is 0 Å². The number of rotatable bonds is 2. The van der Waals surface area contributed by atoms with Gasteiger partial charge in [0.1, 0.15) is 11.4 Å². The molecule has 0 aliphatic rings. The molecule has 2 aromatic rings. The van der Waals surface area contributed by atoms with Crippen LogP contribution in [0.15, 0.2) is 30.3 Å². The molecule has 0 spiro atoms. The molecule has 0 amide bonds. The summed E-state index contributed by atoms with van der Waals surface area (Å²) < 4.78 is 0. The molecular weight excluding hydrogens is 178 g/mol. The van der Waals surface area contributed by atoms with E-state index in [-0.39, 0.29) is 5.69 Å². The average Bonchev–Trinajstić information content (AvgIpc) is 2.27. The van der Waals surface area contributed by atoms with E-state index in [1.165, 1.54) is 0 Å². The van der Waals surface area contributed by atoms with Crippen LogP contribution in [0.3, 0.4) is 0 Å². The molecule has 68 valence electrons. The van der Waals surface area contributed by atoms with E-state index in [1.807, 2.05) is 18.2 Å². The van der Waals surface area contributed by atoms with Crippen LogP contribution in [0.4, 0.5) is 0 Å². The maximum atomic E-state index is 10.7. The molecule has 0 aliphatic carbocycles. The van der Waals surface area contributed by atoms with Crippen molar-refractivity contribution in [3.05, 3.63) is 41.7 Å². The number of aromatic nitrogens is 1. The van der Waals surface area contributed by atoms with Gasteiger partial charge < -0.3 is 0 Å². The van der Waals surface area contributed by atoms with E-state index in [4.69, 9.17) is 0 Å². The van der Waals surface area contributed by atoms with Gasteiger partial charge in [-0.05, 0) is 11.5 Å². The number of hydrogen-bond acceptors (Lipinski definition) is 3. The molecule has 3 heteroatoms. The third-order valence-corrected chi connectivity index (χ3v) is 2.02. The Bertz CT molecular complexity index is 506. The first-order chi connectivity index (χ1) is 6.85.